The second kappa shape index (κ2) is 5.08. The van der Waals surface area contributed by atoms with Crippen molar-refractivity contribution in [2.45, 2.75) is 6.92 Å². The van der Waals surface area contributed by atoms with Crippen LogP contribution in [0.15, 0.2) is 51.4 Å². The molecule has 0 saturated heterocycles. The van der Waals surface area contributed by atoms with Crippen LogP contribution in [0, 0.1) is 6.92 Å². The van der Waals surface area contributed by atoms with Gasteiger partial charge in [-0.15, -0.1) is 0 Å². The van der Waals surface area contributed by atoms with Crippen molar-refractivity contribution in [3.05, 3.63) is 68.8 Å². The molecule has 0 amide bonds. The summed E-state index contributed by atoms with van der Waals surface area (Å²) in [7, 11) is 0. The smallest absolute Gasteiger partial charge is 0.228 e. The van der Waals surface area contributed by atoms with Crippen molar-refractivity contribution in [3.63, 3.8) is 0 Å². The number of rotatable bonds is 2. The molecule has 0 saturated carbocycles. The molecular weight excluding hydrogens is 340 g/mol. The summed E-state index contributed by atoms with van der Waals surface area (Å²) >= 11 is 9.35. The van der Waals surface area contributed by atoms with Crippen molar-refractivity contribution in [3.8, 4) is 0 Å². The van der Waals surface area contributed by atoms with E-state index in [9.17, 15) is 4.79 Å². The van der Waals surface area contributed by atoms with Gasteiger partial charge in [-0.3, -0.25) is 4.79 Å². The van der Waals surface area contributed by atoms with E-state index < -0.39 is 0 Å². The number of fused-ring (bicyclic) bond motifs is 1. The topological polar surface area (TPSA) is 30.2 Å². The van der Waals surface area contributed by atoms with Crippen LogP contribution < -0.4 is 0 Å². The van der Waals surface area contributed by atoms with Crippen LogP contribution >= 0.6 is 27.5 Å². The van der Waals surface area contributed by atoms with Gasteiger partial charge in [-0.2, -0.15) is 0 Å². The molecule has 3 aromatic rings. The Kier molecular flexibility index (Phi) is 3.40. The van der Waals surface area contributed by atoms with E-state index in [1.54, 1.807) is 24.3 Å². The van der Waals surface area contributed by atoms with E-state index in [1.165, 1.54) is 0 Å². The number of aryl methyl sites for hydroxylation is 1. The number of hydrogen-bond donors (Lipinski definition) is 0. The number of carbonyl (C=O) groups excluding carboxylic acids is 1. The zero-order valence-electron chi connectivity index (χ0n) is 10.6. The van der Waals surface area contributed by atoms with Crippen molar-refractivity contribution in [1.29, 1.82) is 0 Å². The molecule has 0 N–H and O–H groups in total. The molecule has 4 heteroatoms. The number of hydrogen-bond acceptors (Lipinski definition) is 2. The Bertz CT molecular complexity index is 820. The highest BCUT2D eigenvalue weighted by Gasteiger charge is 2.19. The lowest BCUT2D eigenvalue weighted by Crippen LogP contribution is -2.01. The molecule has 1 aromatic heterocycles. The summed E-state index contributed by atoms with van der Waals surface area (Å²) in [5.41, 5.74) is 2.07. The molecule has 0 aliphatic rings. The second-order valence-corrected chi connectivity index (χ2v) is 5.89. The number of halogens is 2. The lowest BCUT2D eigenvalue weighted by atomic mass is 10.1. The molecule has 1 heterocycles. The fourth-order valence-electron chi connectivity index (χ4n) is 2.17. The van der Waals surface area contributed by atoms with Gasteiger partial charge in [-0.1, -0.05) is 39.7 Å². The van der Waals surface area contributed by atoms with Crippen LogP contribution in [0.3, 0.4) is 0 Å². The molecule has 0 radical (unpaired) electrons. The number of ketones is 1. The van der Waals surface area contributed by atoms with Crippen LogP contribution in [0.1, 0.15) is 21.7 Å². The van der Waals surface area contributed by atoms with Crippen LogP contribution in [0.5, 0.6) is 0 Å². The fourth-order valence-corrected chi connectivity index (χ4v) is 2.72. The van der Waals surface area contributed by atoms with E-state index >= 15 is 0 Å². The summed E-state index contributed by atoms with van der Waals surface area (Å²) in [6.07, 6.45) is 0. The van der Waals surface area contributed by atoms with Gasteiger partial charge in [0.1, 0.15) is 5.58 Å². The van der Waals surface area contributed by atoms with Gasteiger partial charge < -0.3 is 4.42 Å². The zero-order valence-corrected chi connectivity index (χ0v) is 13.0. The fraction of sp³-hybridized carbons (Fsp3) is 0.0625. The molecule has 20 heavy (non-hydrogen) atoms. The van der Waals surface area contributed by atoms with Crippen LogP contribution in [0.2, 0.25) is 5.02 Å². The average Bonchev–Trinajstić information content (AvgIpc) is 2.75. The van der Waals surface area contributed by atoms with Gasteiger partial charge in [0.2, 0.25) is 5.78 Å². The maximum atomic E-state index is 12.5. The van der Waals surface area contributed by atoms with Gasteiger partial charge in [0.05, 0.1) is 0 Å². The molecule has 0 atom stereocenters. The van der Waals surface area contributed by atoms with Gasteiger partial charge in [-0.25, -0.2) is 0 Å². The van der Waals surface area contributed by atoms with E-state index in [1.807, 2.05) is 25.1 Å². The SMILES string of the molecule is Cc1c(C(=O)c2cccc(Cl)c2)oc2ccc(Br)cc12. The van der Waals surface area contributed by atoms with E-state index in [-0.39, 0.29) is 5.78 Å². The largest absolute Gasteiger partial charge is 0.452 e. The highest BCUT2D eigenvalue weighted by Crippen LogP contribution is 2.29. The predicted molar refractivity (Wildman–Crippen MR) is 83.5 cm³/mol. The summed E-state index contributed by atoms with van der Waals surface area (Å²) in [6, 6.07) is 12.6. The first-order valence-electron chi connectivity index (χ1n) is 6.05. The van der Waals surface area contributed by atoms with E-state index in [0.29, 0.717) is 21.9 Å². The Morgan fingerprint density at radius 2 is 2.00 bits per heavy atom. The first-order valence-corrected chi connectivity index (χ1v) is 7.22. The molecule has 2 nitrogen and oxygen atoms in total. The van der Waals surface area contributed by atoms with Crippen LogP contribution in [0.4, 0.5) is 0 Å². The highest BCUT2D eigenvalue weighted by atomic mass is 79.9. The highest BCUT2D eigenvalue weighted by molar-refractivity contribution is 9.10. The van der Waals surface area contributed by atoms with Crippen molar-refractivity contribution >= 4 is 44.3 Å². The number of carbonyl (C=O) groups is 1. The maximum Gasteiger partial charge on any atom is 0.228 e. The Morgan fingerprint density at radius 3 is 2.75 bits per heavy atom. The van der Waals surface area contributed by atoms with Crippen molar-refractivity contribution in [2.24, 2.45) is 0 Å². The average molecular weight is 350 g/mol. The zero-order chi connectivity index (χ0) is 14.3. The number of benzene rings is 2. The summed E-state index contributed by atoms with van der Waals surface area (Å²) < 4.78 is 6.65. The first kappa shape index (κ1) is 13.4. The van der Waals surface area contributed by atoms with E-state index in [4.69, 9.17) is 16.0 Å². The van der Waals surface area contributed by atoms with Crippen molar-refractivity contribution < 1.29 is 9.21 Å². The Balaban J connectivity index is 2.15. The minimum absolute atomic E-state index is 0.155. The molecule has 0 aliphatic heterocycles. The van der Waals surface area contributed by atoms with Crippen molar-refractivity contribution in [1.82, 2.24) is 0 Å². The van der Waals surface area contributed by atoms with Crippen LogP contribution in [-0.4, -0.2) is 5.78 Å². The van der Waals surface area contributed by atoms with Gasteiger partial charge >= 0.3 is 0 Å². The number of furan rings is 1. The van der Waals surface area contributed by atoms with Gasteiger partial charge in [0.25, 0.3) is 0 Å². The van der Waals surface area contributed by atoms with Gasteiger partial charge in [-0.05, 0) is 37.3 Å². The maximum absolute atomic E-state index is 12.5. The quantitative estimate of drug-likeness (QED) is 0.581. The molecule has 2 aromatic carbocycles. The summed E-state index contributed by atoms with van der Waals surface area (Å²) in [5, 5.41) is 1.47. The van der Waals surface area contributed by atoms with Crippen LogP contribution in [-0.2, 0) is 0 Å². The third-order valence-electron chi connectivity index (χ3n) is 3.19. The Morgan fingerprint density at radius 1 is 1.20 bits per heavy atom. The van der Waals surface area contributed by atoms with Gasteiger partial charge in [0, 0.05) is 26.0 Å². The molecule has 100 valence electrons. The lowest BCUT2D eigenvalue weighted by molar-refractivity contribution is 0.101. The molecular formula is C16H10BrClO2. The van der Waals surface area contributed by atoms with E-state index in [0.717, 1.165) is 15.4 Å². The lowest BCUT2D eigenvalue weighted by Gasteiger charge is -1.99. The van der Waals surface area contributed by atoms with Crippen LogP contribution in [0.25, 0.3) is 11.0 Å². The summed E-state index contributed by atoms with van der Waals surface area (Å²) in [5.74, 6) is 0.206. The summed E-state index contributed by atoms with van der Waals surface area (Å²) in [6.45, 7) is 1.88. The van der Waals surface area contributed by atoms with Gasteiger partial charge in [0.15, 0.2) is 5.76 Å². The Hall–Kier alpha value is -1.58. The normalized spacial score (nSPS) is 10.9. The third-order valence-corrected chi connectivity index (χ3v) is 3.92. The minimum atomic E-state index is -0.155. The standard InChI is InChI=1S/C16H10BrClO2/c1-9-13-8-11(17)5-6-14(13)20-16(9)15(19)10-3-2-4-12(18)7-10/h2-8H,1H3. The van der Waals surface area contributed by atoms with E-state index in [2.05, 4.69) is 15.9 Å². The molecule has 0 fully saturated rings. The van der Waals surface area contributed by atoms with Crippen molar-refractivity contribution in [2.75, 3.05) is 0 Å². The third kappa shape index (κ3) is 2.28. The monoisotopic (exact) mass is 348 g/mol. The molecule has 0 aliphatic carbocycles. The minimum Gasteiger partial charge on any atom is -0.452 e. The summed E-state index contributed by atoms with van der Waals surface area (Å²) in [4.78, 5) is 12.5. The Labute approximate surface area is 129 Å². The predicted octanol–water partition coefficient (Wildman–Crippen LogP) is 5.39. The molecule has 0 spiro atoms. The molecule has 3 rings (SSSR count). The second-order valence-electron chi connectivity index (χ2n) is 4.54. The molecule has 0 bridgehead atoms. The first-order chi connectivity index (χ1) is 9.56. The molecule has 0 unspecified atom stereocenters.